The number of rotatable bonds is 6. The van der Waals surface area contributed by atoms with Gasteiger partial charge < -0.3 is 10.6 Å². The Morgan fingerprint density at radius 2 is 1.94 bits per heavy atom. The molecule has 0 saturated heterocycles. The van der Waals surface area contributed by atoms with Crippen LogP contribution >= 0.6 is 11.6 Å². The number of anilines is 2. The van der Waals surface area contributed by atoms with Crippen molar-refractivity contribution in [1.29, 1.82) is 0 Å². The molecule has 1 fully saturated rings. The Morgan fingerprint density at radius 3 is 2.55 bits per heavy atom. The number of hydrogen-bond donors (Lipinski definition) is 2. The summed E-state index contributed by atoms with van der Waals surface area (Å²) in [6, 6.07) is 5.17. The van der Waals surface area contributed by atoms with Crippen LogP contribution in [-0.4, -0.2) is 12.6 Å². The molecule has 1 saturated carbocycles. The molecule has 0 spiro atoms. The van der Waals surface area contributed by atoms with Gasteiger partial charge in [-0.25, -0.2) is 13.2 Å². The first-order valence-electron chi connectivity index (χ1n) is 10.1. The molecule has 1 aliphatic carbocycles. The number of fused-ring (bicyclic) bond motifs is 1. The molecule has 1 heterocycles. The van der Waals surface area contributed by atoms with Gasteiger partial charge in [0.15, 0.2) is 0 Å². The third-order valence-corrected chi connectivity index (χ3v) is 6.38. The number of halogens is 5. The minimum atomic E-state index is -3.21. The van der Waals surface area contributed by atoms with Crippen molar-refractivity contribution in [2.24, 2.45) is 5.41 Å². The van der Waals surface area contributed by atoms with Crippen LogP contribution in [0.15, 0.2) is 42.6 Å². The van der Waals surface area contributed by atoms with E-state index in [-0.39, 0.29) is 22.6 Å². The molecule has 1 aliphatic heterocycles. The van der Waals surface area contributed by atoms with Gasteiger partial charge in [-0.15, -0.1) is 0 Å². The van der Waals surface area contributed by atoms with E-state index in [2.05, 4.69) is 17.2 Å². The lowest BCUT2D eigenvalue weighted by Gasteiger charge is -2.31. The Balaban J connectivity index is 1.89. The molecule has 2 unspecified atom stereocenters. The summed E-state index contributed by atoms with van der Waals surface area (Å²) < 4.78 is 58.0. The van der Waals surface area contributed by atoms with Crippen LogP contribution < -0.4 is 10.6 Å². The van der Waals surface area contributed by atoms with Crippen molar-refractivity contribution in [3.05, 3.63) is 75.7 Å². The first-order valence-corrected chi connectivity index (χ1v) is 10.5. The Morgan fingerprint density at radius 1 is 1.23 bits per heavy atom. The van der Waals surface area contributed by atoms with Gasteiger partial charge >= 0.3 is 0 Å². The normalized spacial score (nSPS) is 22.0. The van der Waals surface area contributed by atoms with Gasteiger partial charge in [0.2, 0.25) is 0 Å². The van der Waals surface area contributed by atoms with Gasteiger partial charge in [0.05, 0.1) is 11.5 Å². The highest BCUT2D eigenvalue weighted by Gasteiger charge is 2.75. The number of benzene rings is 2. The monoisotopic (exact) mass is 450 g/mol. The summed E-state index contributed by atoms with van der Waals surface area (Å²) in [5.41, 5.74) is 2.16. The lowest BCUT2D eigenvalue weighted by Crippen LogP contribution is -2.31. The first-order chi connectivity index (χ1) is 14.6. The maximum atomic E-state index is 14.7. The molecule has 2 nitrogen and oxygen atoms in total. The van der Waals surface area contributed by atoms with Gasteiger partial charge in [0.25, 0.3) is 5.92 Å². The molecule has 2 aliphatic rings. The van der Waals surface area contributed by atoms with E-state index in [4.69, 9.17) is 11.6 Å². The summed E-state index contributed by atoms with van der Waals surface area (Å²) in [4.78, 5) is 0. The predicted molar refractivity (Wildman–Crippen MR) is 118 cm³/mol. The number of nitrogens with one attached hydrogen (secondary N) is 2. The van der Waals surface area contributed by atoms with E-state index in [0.29, 0.717) is 11.4 Å². The highest BCUT2D eigenvalue weighted by atomic mass is 35.5. The zero-order chi connectivity index (χ0) is 22.6. The summed E-state index contributed by atoms with van der Waals surface area (Å²) in [7, 11) is 0. The van der Waals surface area contributed by atoms with Crippen molar-refractivity contribution >= 4 is 29.1 Å². The molecule has 31 heavy (non-hydrogen) atoms. The molecule has 164 valence electrons. The van der Waals surface area contributed by atoms with E-state index >= 15 is 0 Å². The van der Waals surface area contributed by atoms with Crippen LogP contribution in [0.2, 0.25) is 5.02 Å². The molecular formula is C24H23ClF4N2. The van der Waals surface area contributed by atoms with Crippen molar-refractivity contribution in [2.45, 2.75) is 38.7 Å². The van der Waals surface area contributed by atoms with Gasteiger partial charge in [-0.3, -0.25) is 4.39 Å². The summed E-state index contributed by atoms with van der Waals surface area (Å²) in [6.45, 7) is 6.24. The molecule has 0 amide bonds. The van der Waals surface area contributed by atoms with Crippen molar-refractivity contribution in [2.75, 3.05) is 17.3 Å². The van der Waals surface area contributed by atoms with Crippen molar-refractivity contribution in [1.82, 2.24) is 0 Å². The Hall–Kier alpha value is -2.47. The summed E-state index contributed by atoms with van der Waals surface area (Å²) >= 11 is 6.09. The first kappa shape index (κ1) is 21.8. The lowest BCUT2D eigenvalue weighted by atomic mass is 9.86. The molecule has 2 atom stereocenters. The third-order valence-electron chi connectivity index (χ3n) is 6.16. The fourth-order valence-corrected chi connectivity index (χ4v) is 4.62. The molecule has 2 aromatic carbocycles. The molecule has 7 heteroatoms. The third kappa shape index (κ3) is 3.61. The Bertz CT molecular complexity index is 1100. The zero-order valence-corrected chi connectivity index (χ0v) is 18.0. The molecule has 0 bridgehead atoms. The van der Waals surface area contributed by atoms with Crippen molar-refractivity contribution < 1.29 is 17.6 Å². The van der Waals surface area contributed by atoms with Gasteiger partial charge in [-0.2, -0.15) is 0 Å². The summed E-state index contributed by atoms with van der Waals surface area (Å²) in [6.07, 6.45) is 3.23. The van der Waals surface area contributed by atoms with E-state index in [1.54, 1.807) is 13.0 Å². The van der Waals surface area contributed by atoms with E-state index in [9.17, 15) is 17.6 Å². The Labute approximate surface area is 184 Å². The molecule has 0 aromatic heterocycles. The van der Waals surface area contributed by atoms with Gasteiger partial charge in [-0.1, -0.05) is 25.1 Å². The van der Waals surface area contributed by atoms with E-state index in [0.717, 1.165) is 22.9 Å². The van der Waals surface area contributed by atoms with E-state index < -0.39 is 36.3 Å². The van der Waals surface area contributed by atoms with E-state index in [1.807, 2.05) is 25.1 Å². The fraction of sp³-hybridized carbons (Fsp3) is 0.333. The molecule has 4 rings (SSSR count). The number of hydrogen-bond acceptors (Lipinski definition) is 2. The van der Waals surface area contributed by atoms with Gasteiger partial charge in [-0.05, 0) is 66.5 Å². The number of alkyl halides is 3. The van der Waals surface area contributed by atoms with Crippen LogP contribution in [0.1, 0.15) is 41.6 Å². The number of allylic oxidation sites excluding steroid dienone is 1. The van der Waals surface area contributed by atoms with Crippen molar-refractivity contribution in [3.8, 4) is 0 Å². The van der Waals surface area contributed by atoms with Crippen LogP contribution in [0.25, 0.3) is 6.08 Å². The highest BCUT2D eigenvalue weighted by molar-refractivity contribution is 6.30. The van der Waals surface area contributed by atoms with E-state index in [1.165, 1.54) is 6.07 Å². The van der Waals surface area contributed by atoms with Gasteiger partial charge in [0.1, 0.15) is 12.5 Å². The SMILES string of the molecule is C=C1C=Cc2c(cc(C)cc2NC(c2cc(Cl)cc(F)c2CC)C2(CF)CC2(F)F)N1. The average Bonchev–Trinajstić information content (AvgIpc) is 3.26. The topological polar surface area (TPSA) is 24.1 Å². The van der Waals surface area contributed by atoms with Gasteiger partial charge in [0, 0.05) is 34.1 Å². The second-order valence-electron chi connectivity index (χ2n) is 8.31. The predicted octanol–water partition coefficient (Wildman–Crippen LogP) is 7.45. The highest BCUT2D eigenvalue weighted by Crippen LogP contribution is 2.68. The second kappa shape index (κ2) is 7.59. The zero-order valence-electron chi connectivity index (χ0n) is 17.3. The average molecular weight is 451 g/mol. The van der Waals surface area contributed by atoms with Crippen LogP contribution in [0, 0.1) is 18.2 Å². The second-order valence-corrected chi connectivity index (χ2v) is 8.75. The maximum Gasteiger partial charge on any atom is 0.259 e. The minimum absolute atomic E-state index is 0.0820. The van der Waals surface area contributed by atoms with Crippen LogP contribution in [0.5, 0.6) is 0 Å². The molecular weight excluding hydrogens is 428 g/mol. The summed E-state index contributed by atoms with van der Waals surface area (Å²) in [5.74, 6) is -3.80. The quantitative estimate of drug-likeness (QED) is 0.446. The van der Waals surface area contributed by atoms with Crippen LogP contribution in [-0.2, 0) is 6.42 Å². The maximum absolute atomic E-state index is 14.7. The van der Waals surface area contributed by atoms with Crippen LogP contribution in [0.3, 0.4) is 0 Å². The summed E-state index contributed by atoms with van der Waals surface area (Å²) in [5, 5.41) is 6.39. The molecule has 2 N–H and O–H groups in total. The Kier molecular flexibility index (Phi) is 5.32. The minimum Gasteiger partial charge on any atom is -0.377 e. The fourth-order valence-electron chi connectivity index (χ4n) is 4.41. The molecule has 0 radical (unpaired) electrons. The lowest BCUT2D eigenvalue weighted by molar-refractivity contribution is 0.0444. The standard InChI is InChI=1S/C24H23ClF4N2/c1-4-16-18(9-15(25)10-19(16)27)22(23(12-26)11-24(23,28)29)31-21-8-13(2)7-20-17(21)6-5-14(3)30-20/h5-10,22,30-31H,3-4,11-12H2,1-2H3. The molecule has 2 aromatic rings. The smallest absolute Gasteiger partial charge is 0.259 e. The number of aryl methyl sites for hydroxylation is 1. The largest absolute Gasteiger partial charge is 0.377 e. The van der Waals surface area contributed by atoms with Crippen molar-refractivity contribution in [3.63, 3.8) is 0 Å². The van der Waals surface area contributed by atoms with Crippen LogP contribution in [0.4, 0.5) is 28.9 Å².